The summed E-state index contributed by atoms with van der Waals surface area (Å²) in [6.45, 7) is 0. The van der Waals surface area contributed by atoms with Gasteiger partial charge in [0.25, 0.3) is 0 Å². The number of hydrogen-bond donors (Lipinski definition) is 1. The Morgan fingerprint density at radius 2 is 1.60 bits per heavy atom. The third-order valence-corrected chi connectivity index (χ3v) is 4.15. The van der Waals surface area contributed by atoms with Gasteiger partial charge in [-0.2, -0.15) is 0 Å². The molecule has 0 radical (unpaired) electrons. The van der Waals surface area contributed by atoms with Crippen LogP contribution in [0, 0.1) is 11.6 Å². The maximum Gasteiger partial charge on any atom is 0.237 e. The van der Waals surface area contributed by atoms with Crippen LogP contribution in [0.5, 0.6) is 0 Å². The SMILES string of the molecule is O=S(=O)(Cc1ccccc1)Nc1c(F)cc(Br)cc1F. The van der Waals surface area contributed by atoms with Gasteiger partial charge in [0.15, 0.2) is 11.6 Å². The molecule has 1 N–H and O–H groups in total. The zero-order valence-electron chi connectivity index (χ0n) is 10.1. The molecule has 0 atom stereocenters. The van der Waals surface area contributed by atoms with Gasteiger partial charge in [-0.1, -0.05) is 46.3 Å². The second kappa shape index (κ2) is 5.88. The summed E-state index contributed by atoms with van der Waals surface area (Å²) in [5.74, 6) is -2.31. The number of hydrogen-bond acceptors (Lipinski definition) is 2. The highest BCUT2D eigenvalue weighted by molar-refractivity contribution is 9.10. The quantitative estimate of drug-likeness (QED) is 0.902. The lowest BCUT2D eigenvalue weighted by atomic mass is 10.2. The van der Waals surface area contributed by atoms with Crippen LogP contribution in [-0.2, 0) is 15.8 Å². The Labute approximate surface area is 123 Å². The first-order valence-corrected chi connectivity index (χ1v) is 8.01. The van der Waals surface area contributed by atoms with Crippen molar-refractivity contribution in [3.05, 3.63) is 64.1 Å². The molecule has 106 valence electrons. The average Bonchev–Trinajstić information content (AvgIpc) is 2.34. The van der Waals surface area contributed by atoms with Crippen molar-refractivity contribution in [3.63, 3.8) is 0 Å². The molecule has 0 bridgehead atoms. The second-order valence-corrected chi connectivity index (χ2v) is 6.73. The molecule has 0 heterocycles. The van der Waals surface area contributed by atoms with Crippen LogP contribution in [-0.4, -0.2) is 8.42 Å². The number of anilines is 1. The van der Waals surface area contributed by atoms with Crippen LogP contribution in [0.3, 0.4) is 0 Å². The Hall–Kier alpha value is -1.47. The van der Waals surface area contributed by atoms with Crippen molar-refractivity contribution in [2.24, 2.45) is 0 Å². The largest absolute Gasteiger partial charge is 0.278 e. The number of halogens is 3. The predicted molar refractivity (Wildman–Crippen MR) is 76.7 cm³/mol. The molecule has 2 aromatic carbocycles. The minimum Gasteiger partial charge on any atom is -0.278 e. The fourth-order valence-electron chi connectivity index (χ4n) is 1.62. The number of nitrogens with one attached hydrogen (secondary N) is 1. The molecule has 0 amide bonds. The Balaban J connectivity index is 2.25. The smallest absolute Gasteiger partial charge is 0.237 e. The molecule has 2 rings (SSSR count). The van der Waals surface area contributed by atoms with Gasteiger partial charge in [0.05, 0.1) is 5.75 Å². The molecule has 0 saturated heterocycles. The highest BCUT2D eigenvalue weighted by Gasteiger charge is 2.18. The molecule has 0 aliphatic heterocycles. The summed E-state index contributed by atoms with van der Waals surface area (Å²) < 4.78 is 53.1. The lowest BCUT2D eigenvalue weighted by molar-refractivity contribution is 0.581. The molecule has 0 aliphatic carbocycles. The van der Waals surface area contributed by atoms with Gasteiger partial charge in [-0.3, -0.25) is 4.72 Å². The Morgan fingerprint density at radius 1 is 1.05 bits per heavy atom. The van der Waals surface area contributed by atoms with Crippen LogP contribution in [0.1, 0.15) is 5.56 Å². The van der Waals surface area contributed by atoms with Crippen LogP contribution >= 0.6 is 15.9 Å². The summed E-state index contributed by atoms with van der Waals surface area (Å²) in [5.41, 5.74) is -0.151. The molecular formula is C13H10BrF2NO2S. The highest BCUT2D eigenvalue weighted by atomic mass is 79.9. The monoisotopic (exact) mass is 361 g/mol. The summed E-state index contributed by atoms with van der Waals surface area (Å²) in [4.78, 5) is 0. The minimum atomic E-state index is -3.89. The van der Waals surface area contributed by atoms with E-state index in [0.29, 0.717) is 5.56 Å². The Morgan fingerprint density at radius 3 is 2.15 bits per heavy atom. The van der Waals surface area contributed by atoms with Gasteiger partial charge in [0.1, 0.15) is 5.69 Å². The van der Waals surface area contributed by atoms with E-state index in [9.17, 15) is 17.2 Å². The lowest BCUT2D eigenvalue weighted by Crippen LogP contribution is -2.17. The third-order valence-electron chi connectivity index (χ3n) is 2.46. The van der Waals surface area contributed by atoms with Gasteiger partial charge in [-0.25, -0.2) is 17.2 Å². The van der Waals surface area contributed by atoms with Crippen molar-refractivity contribution in [2.75, 3.05) is 4.72 Å². The van der Waals surface area contributed by atoms with Crippen LogP contribution in [0.25, 0.3) is 0 Å². The third kappa shape index (κ3) is 3.77. The molecule has 0 aliphatic rings. The van der Waals surface area contributed by atoms with E-state index in [1.165, 1.54) is 0 Å². The molecule has 2 aromatic rings. The van der Waals surface area contributed by atoms with Crippen LogP contribution in [0.15, 0.2) is 46.9 Å². The molecule has 0 saturated carbocycles. The molecule has 0 spiro atoms. The van der Waals surface area contributed by atoms with Gasteiger partial charge >= 0.3 is 0 Å². The first-order valence-electron chi connectivity index (χ1n) is 5.56. The van der Waals surface area contributed by atoms with Gasteiger partial charge in [0.2, 0.25) is 10.0 Å². The average molecular weight is 362 g/mol. The van der Waals surface area contributed by atoms with E-state index in [2.05, 4.69) is 15.9 Å². The Bertz CT molecular complexity index is 697. The van der Waals surface area contributed by atoms with Gasteiger partial charge < -0.3 is 0 Å². The van der Waals surface area contributed by atoms with Gasteiger partial charge in [-0.05, 0) is 17.7 Å². The summed E-state index contributed by atoms with van der Waals surface area (Å²) >= 11 is 2.92. The maximum absolute atomic E-state index is 13.6. The van der Waals surface area contributed by atoms with Crippen LogP contribution in [0.4, 0.5) is 14.5 Å². The molecular weight excluding hydrogens is 352 g/mol. The maximum atomic E-state index is 13.6. The van der Waals surface area contributed by atoms with Crippen molar-refractivity contribution in [2.45, 2.75) is 5.75 Å². The van der Waals surface area contributed by atoms with Gasteiger partial charge in [0, 0.05) is 4.47 Å². The Kier molecular flexibility index (Phi) is 4.39. The van der Waals surface area contributed by atoms with E-state index in [4.69, 9.17) is 0 Å². The molecule has 7 heteroatoms. The normalized spacial score (nSPS) is 11.3. The van der Waals surface area contributed by atoms with E-state index >= 15 is 0 Å². The van der Waals surface area contributed by atoms with Crippen molar-refractivity contribution < 1.29 is 17.2 Å². The summed E-state index contributed by atoms with van der Waals surface area (Å²) in [6.07, 6.45) is 0. The fourth-order valence-corrected chi connectivity index (χ4v) is 3.24. The standard InChI is InChI=1S/C13H10BrF2NO2S/c14-10-6-11(15)13(12(16)7-10)17-20(18,19)8-9-4-2-1-3-5-9/h1-7,17H,8H2. The first kappa shape index (κ1) is 14.9. The topological polar surface area (TPSA) is 46.2 Å². The van der Waals surface area contributed by atoms with Crippen LogP contribution < -0.4 is 4.72 Å². The van der Waals surface area contributed by atoms with Crippen molar-refractivity contribution >= 4 is 31.6 Å². The lowest BCUT2D eigenvalue weighted by Gasteiger charge is -2.10. The number of rotatable bonds is 4. The second-order valence-electron chi connectivity index (χ2n) is 4.09. The highest BCUT2D eigenvalue weighted by Crippen LogP contribution is 2.25. The summed E-state index contributed by atoms with van der Waals surface area (Å²) in [6, 6.07) is 10.3. The van der Waals surface area contributed by atoms with Crippen LogP contribution in [0.2, 0.25) is 0 Å². The van der Waals surface area contributed by atoms with Crippen molar-refractivity contribution in [1.82, 2.24) is 0 Å². The molecule has 0 aromatic heterocycles. The zero-order valence-corrected chi connectivity index (χ0v) is 12.5. The molecule has 0 fully saturated rings. The predicted octanol–water partition coefficient (Wildman–Crippen LogP) is 3.67. The summed E-state index contributed by atoms with van der Waals surface area (Å²) in [7, 11) is -3.89. The first-order chi connectivity index (χ1) is 9.37. The van der Waals surface area contributed by atoms with E-state index < -0.39 is 27.3 Å². The molecule has 20 heavy (non-hydrogen) atoms. The molecule has 3 nitrogen and oxygen atoms in total. The van der Waals surface area contributed by atoms with Crippen molar-refractivity contribution in [1.29, 1.82) is 0 Å². The minimum absolute atomic E-state index is 0.193. The number of benzene rings is 2. The molecule has 0 unspecified atom stereocenters. The van der Waals surface area contributed by atoms with E-state index in [-0.39, 0.29) is 10.2 Å². The van der Waals surface area contributed by atoms with Gasteiger partial charge in [-0.15, -0.1) is 0 Å². The van der Waals surface area contributed by atoms with E-state index in [0.717, 1.165) is 12.1 Å². The zero-order chi connectivity index (χ0) is 14.8. The van der Waals surface area contributed by atoms with Crippen molar-refractivity contribution in [3.8, 4) is 0 Å². The number of sulfonamides is 1. The van der Waals surface area contributed by atoms with E-state index in [1.54, 1.807) is 30.3 Å². The summed E-state index contributed by atoms with van der Waals surface area (Å²) in [5, 5.41) is 0. The van der Waals surface area contributed by atoms with E-state index in [1.807, 2.05) is 4.72 Å². The fraction of sp³-hybridized carbons (Fsp3) is 0.0769.